The number of carbonyl (C=O) groups is 1. The highest BCUT2D eigenvalue weighted by Gasteiger charge is 2.19. The molecule has 0 N–H and O–H groups in total. The van der Waals surface area contributed by atoms with Crippen LogP contribution >= 0.6 is 0 Å². The van der Waals surface area contributed by atoms with E-state index in [2.05, 4.69) is 0 Å². The van der Waals surface area contributed by atoms with E-state index >= 15 is 0 Å². The van der Waals surface area contributed by atoms with Crippen LogP contribution in [0.1, 0.15) is 11.1 Å². The Morgan fingerprint density at radius 1 is 0.968 bits per heavy atom. The number of methoxy groups -OCH3 is 1. The molecule has 3 aromatic carbocycles. The highest BCUT2D eigenvalue weighted by atomic mass is 16.5. The molecule has 0 unspecified atom stereocenters. The fourth-order valence-electron chi connectivity index (χ4n) is 3.18. The normalized spacial score (nSPS) is 11.0. The van der Waals surface area contributed by atoms with Crippen LogP contribution in [0.15, 0.2) is 88.1 Å². The molecule has 0 bridgehead atoms. The van der Waals surface area contributed by atoms with Gasteiger partial charge in [-0.25, -0.2) is 4.79 Å². The number of fused-ring (bicyclic) bond motifs is 1. The highest BCUT2D eigenvalue weighted by Crippen LogP contribution is 2.31. The van der Waals surface area contributed by atoms with Gasteiger partial charge in [0, 0.05) is 11.6 Å². The molecule has 0 aliphatic carbocycles. The molecule has 0 aliphatic heterocycles. The fourth-order valence-corrected chi connectivity index (χ4v) is 3.18. The summed E-state index contributed by atoms with van der Waals surface area (Å²) >= 11 is 0. The standard InChI is InChI=1S/C26H20O5/c1-17-8-14-22-21(16-17)24(28)26(25(30-22)19-6-4-3-5-7-19)31-23(27)15-11-18-9-12-20(29-2)13-10-18/h3-16H,1-2H3/b15-11+. The Morgan fingerprint density at radius 2 is 1.71 bits per heavy atom. The third-order valence-electron chi connectivity index (χ3n) is 4.77. The smallest absolute Gasteiger partial charge is 0.336 e. The summed E-state index contributed by atoms with van der Waals surface area (Å²) in [5, 5.41) is 0.363. The summed E-state index contributed by atoms with van der Waals surface area (Å²) in [7, 11) is 1.59. The minimum atomic E-state index is -0.674. The second-order valence-electron chi connectivity index (χ2n) is 6.98. The maximum Gasteiger partial charge on any atom is 0.336 e. The topological polar surface area (TPSA) is 65.7 Å². The van der Waals surface area contributed by atoms with Gasteiger partial charge < -0.3 is 13.9 Å². The second-order valence-corrected chi connectivity index (χ2v) is 6.98. The van der Waals surface area contributed by atoms with E-state index in [4.69, 9.17) is 13.9 Å². The molecule has 0 saturated carbocycles. The molecule has 5 heteroatoms. The van der Waals surface area contributed by atoms with Crippen molar-refractivity contribution in [3.63, 3.8) is 0 Å². The SMILES string of the molecule is COc1ccc(/C=C/C(=O)Oc2c(-c3ccccc3)oc3ccc(C)cc3c2=O)cc1. The van der Waals surface area contributed by atoms with Gasteiger partial charge in [-0.05, 0) is 42.8 Å². The molecule has 5 nitrogen and oxygen atoms in total. The van der Waals surface area contributed by atoms with Gasteiger partial charge in [0.15, 0.2) is 5.76 Å². The van der Waals surface area contributed by atoms with Crippen molar-refractivity contribution < 1.29 is 18.7 Å². The molecule has 0 aliphatic rings. The van der Waals surface area contributed by atoms with Gasteiger partial charge in [-0.2, -0.15) is 0 Å². The molecular formula is C26H20O5. The van der Waals surface area contributed by atoms with Crippen molar-refractivity contribution in [2.45, 2.75) is 6.92 Å². The molecule has 0 fully saturated rings. The number of rotatable bonds is 5. The maximum atomic E-state index is 13.2. The quantitative estimate of drug-likeness (QED) is 0.325. The van der Waals surface area contributed by atoms with E-state index < -0.39 is 11.4 Å². The first kappa shape index (κ1) is 20.2. The molecule has 0 amide bonds. The van der Waals surface area contributed by atoms with Crippen LogP contribution in [0.2, 0.25) is 0 Å². The van der Waals surface area contributed by atoms with Gasteiger partial charge in [0.2, 0.25) is 11.2 Å². The van der Waals surface area contributed by atoms with Gasteiger partial charge in [0.1, 0.15) is 11.3 Å². The number of benzene rings is 3. The zero-order valence-corrected chi connectivity index (χ0v) is 17.1. The van der Waals surface area contributed by atoms with E-state index in [1.807, 2.05) is 43.3 Å². The van der Waals surface area contributed by atoms with Gasteiger partial charge in [-0.1, -0.05) is 54.1 Å². The minimum absolute atomic E-state index is 0.131. The zero-order valence-electron chi connectivity index (χ0n) is 17.1. The van der Waals surface area contributed by atoms with Crippen LogP contribution in [0.4, 0.5) is 0 Å². The molecule has 4 aromatic rings. The molecule has 0 radical (unpaired) electrons. The first-order valence-electron chi connectivity index (χ1n) is 9.72. The Hall–Kier alpha value is -4.12. The summed E-state index contributed by atoms with van der Waals surface area (Å²) in [6, 6.07) is 21.6. The summed E-state index contributed by atoms with van der Waals surface area (Å²) in [6.07, 6.45) is 2.88. The number of hydrogen-bond acceptors (Lipinski definition) is 5. The maximum absolute atomic E-state index is 13.2. The lowest BCUT2D eigenvalue weighted by molar-refractivity contribution is -0.129. The van der Waals surface area contributed by atoms with Crippen LogP contribution < -0.4 is 14.9 Å². The second kappa shape index (κ2) is 8.71. The molecule has 4 rings (SSSR count). The Balaban J connectivity index is 1.72. The summed E-state index contributed by atoms with van der Waals surface area (Å²) in [4.78, 5) is 25.7. The van der Waals surface area contributed by atoms with E-state index in [1.165, 1.54) is 6.08 Å². The first-order chi connectivity index (χ1) is 15.0. The first-order valence-corrected chi connectivity index (χ1v) is 9.72. The Morgan fingerprint density at radius 3 is 2.42 bits per heavy atom. The van der Waals surface area contributed by atoms with Crippen LogP contribution in [0, 0.1) is 6.92 Å². The van der Waals surface area contributed by atoms with Crippen molar-refractivity contribution in [1.82, 2.24) is 0 Å². The summed E-state index contributed by atoms with van der Waals surface area (Å²) in [5.74, 6) is 0.130. The van der Waals surface area contributed by atoms with Crippen LogP contribution in [0.25, 0.3) is 28.4 Å². The Bertz CT molecular complexity index is 1320. The van der Waals surface area contributed by atoms with E-state index in [-0.39, 0.29) is 11.5 Å². The molecule has 0 atom stereocenters. The Kier molecular flexibility index (Phi) is 5.67. The predicted octanol–water partition coefficient (Wildman–Crippen LogP) is 5.40. The number of ether oxygens (including phenoxy) is 2. The van der Waals surface area contributed by atoms with Crippen LogP contribution in [0.5, 0.6) is 11.5 Å². The van der Waals surface area contributed by atoms with Crippen molar-refractivity contribution in [2.24, 2.45) is 0 Å². The number of aryl methyl sites for hydroxylation is 1. The van der Waals surface area contributed by atoms with E-state index in [1.54, 1.807) is 49.6 Å². The average Bonchev–Trinajstić information content (AvgIpc) is 2.80. The molecule has 1 aromatic heterocycles. The van der Waals surface area contributed by atoms with Crippen LogP contribution in [0.3, 0.4) is 0 Å². The van der Waals surface area contributed by atoms with Crippen molar-refractivity contribution in [3.05, 3.63) is 100 Å². The lowest BCUT2D eigenvalue weighted by atomic mass is 10.1. The van der Waals surface area contributed by atoms with E-state index in [0.29, 0.717) is 16.5 Å². The molecule has 31 heavy (non-hydrogen) atoms. The van der Waals surface area contributed by atoms with Crippen LogP contribution in [-0.4, -0.2) is 13.1 Å². The monoisotopic (exact) mass is 412 g/mol. The number of hydrogen-bond donors (Lipinski definition) is 0. The van der Waals surface area contributed by atoms with Gasteiger partial charge >= 0.3 is 5.97 Å². The predicted molar refractivity (Wildman–Crippen MR) is 120 cm³/mol. The zero-order chi connectivity index (χ0) is 21.8. The average molecular weight is 412 g/mol. The lowest BCUT2D eigenvalue weighted by Gasteiger charge is -2.10. The van der Waals surface area contributed by atoms with Crippen molar-refractivity contribution in [1.29, 1.82) is 0 Å². The van der Waals surface area contributed by atoms with Crippen molar-refractivity contribution in [3.8, 4) is 22.8 Å². The summed E-state index contributed by atoms with van der Waals surface area (Å²) in [5.41, 5.74) is 2.38. The summed E-state index contributed by atoms with van der Waals surface area (Å²) < 4.78 is 16.6. The van der Waals surface area contributed by atoms with E-state index in [0.717, 1.165) is 16.9 Å². The molecule has 1 heterocycles. The minimum Gasteiger partial charge on any atom is -0.497 e. The third-order valence-corrected chi connectivity index (χ3v) is 4.77. The lowest BCUT2D eigenvalue weighted by Crippen LogP contribution is -2.14. The van der Waals surface area contributed by atoms with Gasteiger partial charge in [0.05, 0.1) is 12.5 Å². The van der Waals surface area contributed by atoms with E-state index in [9.17, 15) is 9.59 Å². The van der Waals surface area contributed by atoms with Gasteiger partial charge in [-0.15, -0.1) is 0 Å². The number of carbonyl (C=O) groups excluding carboxylic acids is 1. The third kappa shape index (κ3) is 4.41. The van der Waals surface area contributed by atoms with Crippen molar-refractivity contribution >= 4 is 23.0 Å². The van der Waals surface area contributed by atoms with Crippen molar-refractivity contribution in [2.75, 3.05) is 7.11 Å². The Labute approximate surface area is 179 Å². The molecule has 0 spiro atoms. The number of esters is 1. The highest BCUT2D eigenvalue weighted by molar-refractivity contribution is 5.91. The van der Waals surface area contributed by atoms with Gasteiger partial charge in [0.25, 0.3) is 0 Å². The fraction of sp³-hybridized carbons (Fsp3) is 0.0769. The molecule has 0 saturated heterocycles. The molecular weight excluding hydrogens is 392 g/mol. The largest absolute Gasteiger partial charge is 0.497 e. The summed E-state index contributed by atoms with van der Waals surface area (Å²) in [6.45, 7) is 1.88. The van der Waals surface area contributed by atoms with Crippen LogP contribution in [-0.2, 0) is 4.79 Å². The molecule has 154 valence electrons. The van der Waals surface area contributed by atoms with Gasteiger partial charge in [-0.3, -0.25) is 4.79 Å².